The van der Waals surface area contributed by atoms with Crippen molar-refractivity contribution in [2.24, 2.45) is 0 Å². The van der Waals surface area contributed by atoms with Gasteiger partial charge in [0.1, 0.15) is 0 Å². The molecule has 0 bridgehead atoms. The number of amides is 3. The van der Waals surface area contributed by atoms with Gasteiger partial charge in [0, 0.05) is 25.1 Å². The lowest BCUT2D eigenvalue weighted by Crippen LogP contribution is -2.15. The molecule has 2 rings (SSSR count). The normalized spacial score (nSPS) is 9.83. The predicted octanol–water partition coefficient (Wildman–Crippen LogP) is 2.86. The average Bonchev–Trinajstić information content (AvgIpc) is 2.49. The number of rotatable bonds is 4. The van der Waals surface area contributed by atoms with Crippen LogP contribution in [0.3, 0.4) is 0 Å². The Bertz CT molecular complexity index is 739. The second-order valence-corrected chi connectivity index (χ2v) is 4.94. The summed E-state index contributed by atoms with van der Waals surface area (Å²) in [4.78, 5) is 34.4. The molecular weight excluding hydrogens is 294 g/mol. The van der Waals surface area contributed by atoms with Gasteiger partial charge in [-0.1, -0.05) is 12.1 Å². The third-order valence-corrected chi connectivity index (χ3v) is 2.95. The third kappa shape index (κ3) is 4.67. The largest absolute Gasteiger partial charge is 0.326 e. The first-order valence-corrected chi connectivity index (χ1v) is 7.01. The van der Waals surface area contributed by atoms with Gasteiger partial charge in [0.05, 0.1) is 11.4 Å². The number of benzene rings is 2. The van der Waals surface area contributed by atoms with E-state index in [-0.39, 0.29) is 17.7 Å². The van der Waals surface area contributed by atoms with Crippen LogP contribution in [-0.4, -0.2) is 17.7 Å². The Balaban J connectivity index is 2.13. The smallest absolute Gasteiger partial charge is 0.255 e. The molecule has 0 spiro atoms. The molecule has 0 aliphatic heterocycles. The monoisotopic (exact) mass is 311 g/mol. The first kappa shape index (κ1) is 16.2. The summed E-state index contributed by atoms with van der Waals surface area (Å²) >= 11 is 0. The van der Waals surface area contributed by atoms with Crippen molar-refractivity contribution in [2.45, 2.75) is 13.8 Å². The molecule has 0 heterocycles. The summed E-state index contributed by atoms with van der Waals surface area (Å²) in [5, 5.41) is 8.04. The Morgan fingerprint density at radius 2 is 1.22 bits per heavy atom. The lowest BCUT2D eigenvalue weighted by atomic mass is 10.1. The summed E-state index contributed by atoms with van der Waals surface area (Å²) in [6, 6.07) is 13.5. The average molecular weight is 311 g/mol. The summed E-state index contributed by atoms with van der Waals surface area (Å²) in [6.45, 7) is 2.82. The standard InChI is InChI=1S/C17H17N3O3/c1-11(21)18-14-9-7-13(8-10-14)17(23)20-16-6-4-3-5-15(16)19-12(2)22/h3-10H,1-2H3,(H,18,21)(H,19,22)(H,20,23). The molecule has 2 aromatic carbocycles. The first-order valence-electron chi connectivity index (χ1n) is 7.01. The number of anilines is 3. The van der Waals surface area contributed by atoms with Crippen LogP contribution >= 0.6 is 0 Å². The van der Waals surface area contributed by atoms with Crippen LogP contribution in [0.2, 0.25) is 0 Å². The van der Waals surface area contributed by atoms with Gasteiger partial charge in [0.2, 0.25) is 11.8 Å². The van der Waals surface area contributed by atoms with Crippen molar-refractivity contribution in [2.75, 3.05) is 16.0 Å². The Kier molecular flexibility index (Phi) is 5.09. The van der Waals surface area contributed by atoms with E-state index in [1.165, 1.54) is 13.8 Å². The molecule has 0 aromatic heterocycles. The van der Waals surface area contributed by atoms with Crippen LogP contribution in [0.1, 0.15) is 24.2 Å². The molecule has 2 aromatic rings. The number of nitrogens with one attached hydrogen (secondary N) is 3. The fourth-order valence-electron chi connectivity index (χ4n) is 1.99. The van der Waals surface area contributed by atoms with E-state index in [4.69, 9.17) is 0 Å². The molecule has 3 amide bonds. The van der Waals surface area contributed by atoms with Gasteiger partial charge in [-0.2, -0.15) is 0 Å². The van der Waals surface area contributed by atoms with E-state index in [9.17, 15) is 14.4 Å². The van der Waals surface area contributed by atoms with Crippen LogP contribution in [0.4, 0.5) is 17.1 Å². The van der Waals surface area contributed by atoms with E-state index < -0.39 is 0 Å². The van der Waals surface area contributed by atoms with Crippen LogP contribution in [0.15, 0.2) is 48.5 Å². The number of hydrogen-bond donors (Lipinski definition) is 3. The van der Waals surface area contributed by atoms with Gasteiger partial charge >= 0.3 is 0 Å². The van der Waals surface area contributed by atoms with Crippen molar-refractivity contribution in [3.8, 4) is 0 Å². The lowest BCUT2D eigenvalue weighted by molar-refractivity contribution is -0.115. The van der Waals surface area contributed by atoms with Crippen LogP contribution < -0.4 is 16.0 Å². The Labute approximate surface area is 133 Å². The van der Waals surface area contributed by atoms with Crippen molar-refractivity contribution in [3.63, 3.8) is 0 Å². The summed E-state index contributed by atoms with van der Waals surface area (Å²) < 4.78 is 0. The van der Waals surface area contributed by atoms with Gasteiger partial charge in [0.25, 0.3) is 5.91 Å². The Hall–Kier alpha value is -3.15. The molecule has 0 aliphatic rings. The maximum absolute atomic E-state index is 12.3. The molecule has 6 nitrogen and oxygen atoms in total. The van der Waals surface area contributed by atoms with E-state index in [0.717, 1.165) is 0 Å². The zero-order chi connectivity index (χ0) is 16.8. The number of hydrogen-bond acceptors (Lipinski definition) is 3. The summed E-state index contributed by atoms with van der Waals surface area (Å²) in [5.74, 6) is -0.699. The van der Waals surface area contributed by atoms with Crippen LogP contribution in [0.5, 0.6) is 0 Å². The van der Waals surface area contributed by atoms with Crippen molar-refractivity contribution in [1.29, 1.82) is 0 Å². The fraction of sp³-hybridized carbons (Fsp3) is 0.118. The number of carbonyl (C=O) groups excluding carboxylic acids is 3. The lowest BCUT2D eigenvalue weighted by Gasteiger charge is -2.11. The van der Waals surface area contributed by atoms with Gasteiger partial charge < -0.3 is 16.0 Å². The molecule has 3 N–H and O–H groups in total. The quantitative estimate of drug-likeness (QED) is 0.811. The Morgan fingerprint density at radius 3 is 1.74 bits per heavy atom. The molecule has 0 saturated carbocycles. The molecular formula is C17H17N3O3. The first-order chi connectivity index (χ1) is 11.0. The molecule has 6 heteroatoms. The van der Waals surface area contributed by atoms with E-state index >= 15 is 0 Å². The maximum atomic E-state index is 12.3. The molecule has 0 radical (unpaired) electrons. The minimum atomic E-state index is -0.308. The summed E-state index contributed by atoms with van der Waals surface area (Å²) in [7, 11) is 0. The minimum absolute atomic E-state index is 0.175. The van der Waals surface area contributed by atoms with E-state index in [1.807, 2.05) is 0 Å². The summed E-state index contributed by atoms with van der Waals surface area (Å²) in [5.41, 5.74) is 2.10. The molecule has 0 saturated heterocycles. The minimum Gasteiger partial charge on any atom is -0.326 e. The van der Waals surface area contributed by atoms with Crippen molar-refractivity contribution < 1.29 is 14.4 Å². The predicted molar refractivity (Wildman–Crippen MR) is 89.4 cm³/mol. The SMILES string of the molecule is CC(=O)Nc1ccc(C(=O)Nc2ccccc2NC(C)=O)cc1. The van der Waals surface area contributed by atoms with Crippen molar-refractivity contribution >= 4 is 34.8 Å². The zero-order valence-corrected chi connectivity index (χ0v) is 12.8. The van der Waals surface area contributed by atoms with Gasteiger partial charge in [-0.05, 0) is 36.4 Å². The molecule has 0 aliphatic carbocycles. The summed E-state index contributed by atoms with van der Waals surface area (Å²) in [6.07, 6.45) is 0. The van der Waals surface area contributed by atoms with Gasteiger partial charge in [-0.3, -0.25) is 14.4 Å². The van der Waals surface area contributed by atoms with E-state index in [1.54, 1.807) is 48.5 Å². The highest BCUT2D eigenvalue weighted by Crippen LogP contribution is 2.22. The fourth-order valence-corrected chi connectivity index (χ4v) is 1.99. The van der Waals surface area contributed by atoms with Crippen LogP contribution in [0.25, 0.3) is 0 Å². The molecule has 23 heavy (non-hydrogen) atoms. The van der Waals surface area contributed by atoms with E-state index in [0.29, 0.717) is 22.6 Å². The van der Waals surface area contributed by atoms with Crippen LogP contribution in [0, 0.1) is 0 Å². The molecule has 0 unspecified atom stereocenters. The Morgan fingerprint density at radius 1 is 0.696 bits per heavy atom. The van der Waals surface area contributed by atoms with Crippen molar-refractivity contribution in [3.05, 3.63) is 54.1 Å². The highest BCUT2D eigenvalue weighted by Gasteiger charge is 2.09. The van der Waals surface area contributed by atoms with E-state index in [2.05, 4.69) is 16.0 Å². The third-order valence-electron chi connectivity index (χ3n) is 2.95. The van der Waals surface area contributed by atoms with Gasteiger partial charge in [-0.25, -0.2) is 0 Å². The number of para-hydroxylation sites is 2. The van der Waals surface area contributed by atoms with Crippen molar-refractivity contribution in [1.82, 2.24) is 0 Å². The molecule has 0 atom stereocenters. The topological polar surface area (TPSA) is 87.3 Å². The molecule has 0 fully saturated rings. The highest BCUT2D eigenvalue weighted by molar-refractivity contribution is 6.07. The van der Waals surface area contributed by atoms with Gasteiger partial charge in [0.15, 0.2) is 0 Å². The highest BCUT2D eigenvalue weighted by atomic mass is 16.2. The zero-order valence-electron chi connectivity index (χ0n) is 12.8. The number of carbonyl (C=O) groups is 3. The maximum Gasteiger partial charge on any atom is 0.255 e. The van der Waals surface area contributed by atoms with Gasteiger partial charge in [-0.15, -0.1) is 0 Å². The second-order valence-electron chi connectivity index (χ2n) is 4.94. The molecule has 118 valence electrons. The van der Waals surface area contributed by atoms with Crippen LogP contribution in [-0.2, 0) is 9.59 Å². The second kappa shape index (κ2) is 7.22.